The van der Waals surface area contributed by atoms with E-state index in [1.54, 1.807) is 17.2 Å². The van der Waals surface area contributed by atoms with Gasteiger partial charge in [0.15, 0.2) is 0 Å². The fraction of sp³-hybridized carbons (Fsp3) is 0.0526. The van der Waals surface area contributed by atoms with Crippen LogP contribution in [0.4, 0.5) is 0 Å². The van der Waals surface area contributed by atoms with Gasteiger partial charge in [-0.05, 0) is 49.0 Å². The fourth-order valence-corrected chi connectivity index (χ4v) is 2.73. The van der Waals surface area contributed by atoms with Crippen LogP contribution in [0.25, 0.3) is 28.9 Å². The number of furan rings is 1. The Hall–Kier alpha value is -3.52. The number of nitrogens with zero attached hydrogens (tertiary/aromatic N) is 4. The van der Waals surface area contributed by atoms with E-state index in [2.05, 4.69) is 25.5 Å². The number of hydrogen-bond donors (Lipinski definition) is 2. The van der Waals surface area contributed by atoms with Crippen molar-refractivity contribution in [2.75, 3.05) is 0 Å². The lowest BCUT2D eigenvalue weighted by Crippen LogP contribution is -1.95. The first kappa shape index (κ1) is 16.9. The summed E-state index contributed by atoms with van der Waals surface area (Å²) in [5, 5.41) is 18.8. The first-order valence-corrected chi connectivity index (χ1v) is 8.66. The van der Waals surface area contributed by atoms with Gasteiger partial charge in [-0.25, -0.2) is 5.10 Å². The van der Waals surface area contributed by atoms with Crippen LogP contribution in [0.1, 0.15) is 12.7 Å². The zero-order chi connectivity index (χ0) is 18.6. The van der Waals surface area contributed by atoms with E-state index in [1.807, 2.05) is 61.5 Å². The van der Waals surface area contributed by atoms with E-state index in [0.29, 0.717) is 16.3 Å². The molecule has 0 saturated carbocycles. The molecule has 3 aromatic heterocycles. The minimum absolute atomic E-state index is 0.392. The van der Waals surface area contributed by atoms with E-state index in [9.17, 15) is 0 Å². The molecule has 4 rings (SSSR count). The second-order valence-corrected chi connectivity index (χ2v) is 6.23. The van der Waals surface area contributed by atoms with Gasteiger partial charge in [-0.1, -0.05) is 30.3 Å². The van der Waals surface area contributed by atoms with Gasteiger partial charge < -0.3 is 4.42 Å². The molecule has 0 saturated heterocycles. The third-order valence-corrected chi connectivity index (χ3v) is 4.09. The molecule has 0 aliphatic carbocycles. The molecule has 3 heterocycles. The van der Waals surface area contributed by atoms with Gasteiger partial charge in [-0.2, -0.15) is 20.0 Å². The van der Waals surface area contributed by atoms with Crippen LogP contribution in [0.3, 0.4) is 0 Å². The van der Waals surface area contributed by atoms with Crippen molar-refractivity contribution in [2.45, 2.75) is 6.92 Å². The molecule has 4 aromatic rings. The first-order valence-electron chi connectivity index (χ1n) is 8.25. The van der Waals surface area contributed by atoms with E-state index in [4.69, 9.17) is 16.6 Å². The molecule has 0 radical (unpaired) electrons. The van der Waals surface area contributed by atoms with Crippen LogP contribution < -0.4 is 0 Å². The molecule has 27 heavy (non-hydrogen) atoms. The summed E-state index contributed by atoms with van der Waals surface area (Å²) in [7, 11) is 0. The molecule has 0 unspecified atom stereocenters. The predicted molar refractivity (Wildman–Crippen MR) is 107 cm³/mol. The summed E-state index contributed by atoms with van der Waals surface area (Å²) >= 11 is 5.30. The van der Waals surface area contributed by atoms with Gasteiger partial charge in [0, 0.05) is 5.56 Å². The number of aromatic amines is 2. The summed E-state index contributed by atoms with van der Waals surface area (Å²) in [5.74, 6) is 1.31. The maximum absolute atomic E-state index is 5.31. The SMILES string of the molecule is CC(/C=N/n1c(-c2cc(-c3ccccc3)n[nH]2)n[nH]c1=S)=C\c1ccco1. The van der Waals surface area contributed by atoms with Crippen molar-refractivity contribution in [3.8, 4) is 22.8 Å². The Morgan fingerprint density at radius 2 is 2.00 bits per heavy atom. The number of hydrogen-bond acceptors (Lipinski definition) is 5. The molecule has 0 amide bonds. The first-order chi connectivity index (χ1) is 13.2. The lowest BCUT2D eigenvalue weighted by molar-refractivity contribution is 0.557. The Balaban J connectivity index is 1.64. The average molecular weight is 376 g/mol. The molecule has 0 aliphatic rings. The summed E-state index contributed by atoms with van der Waals surface area (Å²) in [6.07, 6.45) is 5.21. The lowest BCUT2D eigenvalue weighted by atomic mass is 10.1. The maximum atomic E-state index is 5.31. The molecular formula is C19H16N6OS. The van der Waals surface area contributed by atoms with Crippen molar-refractivity contribution in [3.63, 3.8) is 0 Å². The van der Waals surface area contributed by atoms with E-state index >= 15 is 0 Å². The Bertz CT molecular complexity index is 1150. The highest BCUT2D eigenvalue weighted by molar-refractivity contribution is 7.71. The fourth-order valence-electron chi connectivity index (χ4n) is 2.55. The molecule has 0 fully saturated rings. The molecule has 2 N–H and O–H groups in total. The van der Waals surface area contributed by atoms with E-state index in [1.165, 1.54) is 0 Å². The molecule has 7 nitrogen and oxygen atoms in total. The van der Waals surface area contributed by atoms with Crippen molar-refractivity contribution in [1.29, 1.82) is 0 Å². The van der Waals surface area contributed by atoms with Gasteiger partial charge >= 0.3 is 0 Å². The standard InChI is InChI=1S/C19H16N6OS/c1-13(10-15-8-5-9-26-15)12-20-25-18(23-24-19(25)27)17-11-16(21-22-17)14-6-3-2-4-7-14/h2-12H,1H3,(H,21,22)(H,24,27)/b13-10+,20-12+. The van der Waals surface area contributed by atoms with Gasteiger partial charge in [-0.3, -0.25) is 5.10 Å². The van der Waals surface area contributed by atoms with Crippen molar-refractivity contribution in [3.05, 3.63) is 70.9 Å². The van der Waals surface area contributed by atoms with Crippen molar-refractivity contribution >= 4 is 24.5 Å². The van der Waals surface area contributed by atoms with Gasteiger partial charge in [0.2, 0.25) is 10.6 Å². The number of H-pyrrole nitrogens is 2. The Labute approximate surface area is 160 Å². The molecular weight excluding hydrogens is 360 g/mol. The number of aromatic nitrogens is 5. The second kappa shape index (κ2) is 7.38. The van der Waals surface area contributed by atoms with E-state index < -0.39 is 0 Å². The smallest absolute Gasteiger partial charge is 0.216 e. The third-order valence-electron chi connectivity index (χ3n) is 3.83. The Kier molecular flexibility index (Phi) is 4.63. The van der Waals surface area contributed by atoms with Gasteiger partial charge in [0.25, 0.3) is 0 Å². The summed E-state index contributed by atoms with van der Waals surface area (Å²) in [6.45, 7) is 1.93. The molecule has 0 atom stereocenters. The van der Waals surface area contributed by atoms with Gasteiger partial charge in [0.05, 0.1) is 18.2 Å². The largest absolute Gasteiger partial charge is 0.465 e. The quantitative estimate of drug-likeness (QED) is 0.396. The summed E-state index contributed by atoms with van der Waals surface area (Å²) in [4.78, 5) is 0. The topological polar surface area (TPSA) is 87.8 Å². The normalized spacial score (nSPS) is 12.1. The molecule has 134 valence electrons. The van der Waals surface area contributed by atoms with Crippen LogP contribution in [-0.4, -0.2) is 31.3 Å². The highest BCUT2D eigenvalue weighted by atomic mass is 32.1. The monoisotopic (exact) mass is 376 g/mol. The highest BCUT2D eigenvalue weighted by Gasteiger charge is 2.12. The van der Waals surface area contributed by atoms with Crippen LogP contribution >= 0.6 is 12.2 Å². The summed E-state index contributed by atoms with van der Waals surface area (Å²) in [6, 6.07) is 15.5. The Morgan fingerprint density at radius 1 is 1.15 bits per heavy atom. The zero-order valence-electron chi connectivity index (χ0n) is 14.5. The second-order valence-electron chi connectivity index (χ2n) is 5.85. The van der Waals surface area contributed by atoms with Gasteiger partial charge in [0.1, 0.15) is 11.5 Å². The van der Waals surface area contributed by atoms with Gasteiger partial charge in [-0.15, -0.1) is 0 Å². The number of rotatable bonds is 5. The van der Waals surface area contributed by atoms with Crippen molar-refractivity contribution < 1.29 is 4.42 Å². The summed E-state index contributed by atoms with van der Waals surface area (Å²) < 4.78 is 7.25. The molecule has 0 spiro atoms. The van der Waals surface area contributed by atoms with Crippen LogP contribution in [0.15, 0.2) is 69.9 Å². The molecule has 0 bridgehead atoms. The zero-order valence-corrected chi connectivity index (χ0v) is 15.3. The van der Waals surface area contributed by atoms with Crippen LogP contribution in [0.2, 0.25) is 0 Å². The van der Waals surface area contributed by atoms with Crippen LogP contribution in [0.5, 0.6) is 0 Å². The minimum Gasteiger partial charge on any atom is -0.465 e. The average Bonchev–Trinajstić information content (AvgIpc) is 3.42. The lowest BCUT2D eigenvalue weighted by Gasteiger charge is -1.97. The number of nitrogens with one attached hydrogen (secondary N) is 2. The highest BCUT2D eigenvalue weighted by Crippen LogP contribution is 2.22. The molecule has 1 aromatic carbocycles. The minimum atomic E-state index is 0.392. The van der Waals surface area contributed by atoms with E-state index in [-0.39, 0.29) is 0 Å². The molecule has 8 heteroatoms. The Morgan fingerprint density at radius 3 is 2.78 bits per heavy atom. The number of allylic oxidation sites excluding steroid dienone is 1. The van der Waals surface area contributed by atoms with E-state index in [0.717, 1.165) is 22.6 Å². The summed E-state index contributed by atoms with van der Waals surface area (Å²) in [5.41, 5.74) is 3.46. The van der Waals surface area contributed by atoms with Crippen molar-refractivity contribution in [2.24, 2.45) is 5.10 Å². The van der Waals surface area contributed by atoms with Crippen molar-refractivity contribution in [1.82, 2.24) is 25.1 Å². The maximum Gasteiger partial charge on any atom is 0.216 e. The third kappa shape index (κ3) is 3.70. The number of benzene rings is 1. The van der Waals surface area contributed by atoms with Crippen LogP contribution in [0, 0.1) is 4.77 Å². The van der Waals surface area contributed by atoms with Crippen LogP contribution in [-0.2, 0) is 0 Å². The molecule has 0 aliphatic heterocycles. The predicted octanol–water partition coefficient (Wildman–Crippen LogP) is 4.53.